The summed E-state index contributed by atoms with van der Waals surface area (Å²) in [7, 11) is 0. The second-order valence-corrected chi connectivity index (χ2v) is 11.4. The highest BCUT2D eigenvalue weighted by molar-refractivity contribution is 6.11. The zero-order valence-corrected chi connectivity index (χ0v) is 24.7. The van der Waals surface area contributed by atoms with Gasteiger partial charge < -0.3 is 0 Å². The molecule has 3 aromatic heterocycles. The van der Waals surface area contributed by atoms with Gasteiger partial charge in [0.25, 0.3) is 0 Å². The van der Waals surface area contributed by atoms with Gasteiger partial charge in [0.2, 0.25) is 0 Å². The van der Waals surface area contributed by atoms with Crippen LogP contribution in [-0.4, -0.2) is 24.9 Å². The molecule has 0 unspecified atom stereocenters. The molecule has 3 heterocycles. The van der Waals surface area contributed by atoms with Crippen molar-refractivity contribution in [2.75, 3.05) is 0 Å². The number of hydrogen-bond donors (Lipinski definition) is 0. The van der Waals surface area contributed by atoms with Crippen LogP contribution in [0.2, 0.25) is 0 Å². The molecule has 0 N–H and O–H groups in total. The standard InChI is InChI=1S/C41H25N5/c1-3-10-26(11-4-1)28-17-19-29(20-18-28)39-43-37-34-15-7-8-16-35(34)38-36(37)41(45-39)46-40(44-38)33-23-31(27-12-5-2-6-13-27)22-32(24-33)30-14-9-21-42-25-30/h1-25H. The number of rotatable bonds is 5. The average Bonchev–Trinajstić information content (AvgIpc) is 3.46. The predicted octanol–water partition coefficient (Wildman–Crippen LogP) is 9.80. The summed E-state index contributed by atoms with van der Waals surface area (Å²) in [5, 5.41) is 0.890. The molecule has 0 fully saturated rings. The number of pyridine rings is 1. The lowest BCUT2D eigenvalue weighted by atomic mass is 9.96. The lowest BCUT2D eigenvalue weighted by Gasteiger charge is -2.12. The predicted molar refractivity (Wildman–Crippen MR) is 185 cm³/mol. The number of hydrogen-bond acceptors (Lipinski definition) is 5. The SMILES string of the molecule is c1ccc(-c2ccc(-c3nc4c5c(nc(-c6cc(-c7ccccc7)cc(-c7cccnc7)c6)nc5n3)-c3ccccc3-4)cc2)cc1. The van der Waals surface area contributed by atoms with Gasteiger partial charge in [-0.1, -0.05) is 115 Å². The maximum atomic E-state index is 5.19. The van der Waals surface area contributed by atoms with Crippen LogP contribution in [0.4, 0.5) is 0 Å². The molecule has 1 aliphatic carbocycles. The molecule has 5 heteroatoms. The Morgan fingerprint density at radius 3 is 1.43 bits per heavy atom. The van der Waals surface area contributed by atoms with Crippen LogP contribution in [0.3, 0.4) is 0 Å². The largest absolute Gasteiger partial charge is 0.264 e. The number of benzene rings is 5. The van der Waals surface area contributed by atoms with E-state index >= 15 is 0 Å². The molecule has 0 amide bonds. The van der Waals surface area contributed by atoms with Gasteiger partial charge in [-0.05, 0) is 52.1 Å². The second kappa shape index (κ2) is 10.7. The molecule has 0 saturated carbocycles. The molecular formula is C41H25N5. The summed E-state index contributed by atoms with van der Waals surface area (Å²) in [6, 6.07) is 48.0. The molecule has 5 nitrogen and oxygen atoms in total. The second-order valence-electron chi connectivity index (χ2n) is 11.4. The monoisotopic (exact) mass is 587 g/mol. The molecule has 8 aromatic rings. The lowest BCUT2D eigenvalue weighted by molar-refractivity contribution is 1.16. The number of aromatic nitrogens is 5. The van der Waals surface area contributed by atoms with Crippen molar-refractivity contribution in [2.45, 2.75) is 0 Å². The first-order valence-corrected chi connectivity index (χ1v) is 15.3. The molecule has 0 aliphatic heterocycles. The Morgan fingerprint density at radius 2 is 0.826 bits per heavy atom. The van der Waals surface area contributed by atoms with Crippen molar-refractivity contribution < 1.29 is 0 Å². The van der Waals surface area contributed by atoms with Gasteiger partial charge in [0.05, 0.1) is 16.8 Å². The van der Waals surface area contributed by atoms with E-state index in [4.69, 9.17) is 19.9 Å². The summed E-state index contributed by atoms with van der Waals surface area (Å²) in [5.41, 5.74) is 12.9. The highest BCUT2D eigenvalue weighted by atomic mass is 15.0. The molecular weight excluding hydrogens is 562 g/mol. The van der Waals surface area contributed by atoms with E-state index in [0.29, 0.717) is 17.3 Å². The van der Waals surface area contributed by atoms with Gasteiger partial charge in [-0.2, -0.15) is 0 Å². The Labute approximate surface area is 266 Å². The zero-order valence-electron chi connectivity index (χ0n) is 24.7. The molecule has 0 spiro atoms. The molecule has 1 aliphatic rings. The Kier molecular flexibility index (Phi) is 6.06. The molecule has 0 radical (unpaired) electrons. The third-order valence-corrected chi connectivity index (χ3v) is 8.54. The third kappa shape index (κ3) is 4.45. The minimum Gasteiger partial charge on any atom is -0.264 e. The lowest BCUT2D eigenvalue weighted by Crippen LogP contribution is -1.99. The van der Waals surface area contributed by atoms with Gasteiger partial charge >= 0.3 is 0 Å². The van der Waals surface area contributed by atoms with Gasteiger partial charge in [-0.3, -0.25) is 4.98 Å². The van der Waals surface area contributed by atoms with Crippen molar-refractivity contribution in [3.63, 3.8) is 0 Å². The highest BCUT2D eigenvalue weighted by Crippen LogP contribution is 2.46. The van der Waals surface area contributed by atoms with Crippen molar-refractivity contribution in [3.8, 4) is 78.7 Å². The Hall–Kier alpha value is -6.33. The van der Waals surface area contributed by atoms with Crippen LogP contribution < -0.4 is 0 Å². The minimum absolute atomic E-state index is 0.622. The molecule has 9 rings (SSSR count). The van der Waals surface area contributed by atoms with Gasteiger partial charge in [0.15, 0.2) is 17.3 Å². The van der Waals surface area contributed by atoms with Crippen molar-refractivity contribution in [1.29, 1.82) is 0 Å². The molecule has 5 aromatic carbocycles. The molecule has 0 bridgehead atoms. The van der Waals surface area contributed by atoms with Crippen molar-refractivity contribution in [3.05, 3.63) is 152 Å². The van der Waals surface area contributed by atoms with Crippen LogP contribution in [0.15, 0.2) is 152 Å². The van der Waals surface area contributed by atoms with Crippen LogP contribution in [0.25, 0.3) is 89.7 Å². The fourth-order valence-corrected chi connectivity index (χ4v) is 6.28. The van der Waals surface area contributed by atoms with E-state index in [1.807, 2.05) is 36.5 Å². The van der Waals surface area contributed by atoms with Crippen LogP contribution in [0.1, 0.15) is 0 Å². The van der Waals surface area contributed by atoms with E-state index in [0.717, 1.165) is 66.8 Å². The van der Waals surface area contributed by atoms with E-state index in [1.165, 1.54) is 5.56 Å². The van der Waals surface area contributed by atoms with E-state index < -0.39 is 0 Å². The summed E-state index contributed by atoms with van der Waals surface area (Å²) in [4.78, 5) is 24.9. The summed E-state index contributed by atoms with van der Waals surface area (Å²) in [6.45, 7) is 0. The summed E-state index contributed by atoms with van der Waals surface area (Å²) in [6.07, 6.45) is 3.68. The first kappa shape index (κ1) is 26.1. The molecule has 0 atom stereocenters. The fraction of sp³-hybridized carbons (Fsp3) is 0. The van der Waals surface area contributed by atoms with Crippen molar-refractivity contribution >= 4 is 11.0 Å². The maximum absolute atomic E-state index is 5.19. The summed E-state index contributed by atoms with van der Waals surface area (Å²) >= 11 is 0. The van der Waals surface area contributed by atoms with Crippen LogP contribution in [-0.2, 0) is 0 Å². The van der Waals surface area contributed by atoms with E-state index in [9.17, 15) is 0 Å². The number of nitrogens with zero attached hydrogens (tertiary/aromatic N) is 5. The number of fused-ring (bicyclic) bond motifs is 3. The first-order valence-electron chi connectivity index (χ1n) is 15.3. The average molecular weight is 588 g/mol. The van der Waals surface area contributed by atoms with Crippen molar-refractivity contribution in [1.82, 2.24) is 24.9 Å². The first-order chi connectivity index (χ1) is 22.8. The van der Waals surface area contributed by atoms with Gasteiger partial charge in [-0.15, -0.1) is 0 Å². The minimum atomic E-state index is 0.622. The van der Waals surface area contributed by atoms with Crippen molar-refractivity contribution in [2.24, 2.45) is 0 Å². The van der Waals surface area contributed by atoms with E-state index in [2.05, 4.69) is 114 Å². The Bertz CT molecular complexity index is 2330. The third-order valence-electron chi connectivity index (χ3n) is 8.54. The maximum Gasteiger partial charge on any atom is 0.168 e. The van der Waals surface area contributed by atoms with Gasteiger partial charge in [-0.25, -0.2) is 19.9 Å². The van der Waals surface area contributed by atoms with Gasteiger partial charge in [0, 0.05) is 40.2 Å². The highest BCUT2D eigenvalue weighted by Gasteiger charge is 2.28. The summed E-state index contributed by atoms with van der Waals surface area (Å²) in [5.74, 6) is 1.26. The van der Waals surface area contributed by atoms with Crippen LogP contribution in [0, 0.1) is 0 Å². The van der Waals surface area contributed by atoms with Crippen LogP contribution in [0.5, 0.6) is 0 Å². The Balaban J connectivity index is 1.24. The van der Waals surface area contributed by atoms with E-state index in [1.54, 1.807) is 6.20 Å². The zero-order chi connectivity index (χ0) is 30.5. The van der Waals surface area contributed by atoms with Crippen LogP contribution >= 0.6 is 0 Å². The van der Waals surface area contributed by atoms with Gasteiger partial charge in [0.1, 0.15) is 0 Å². The topological polar surface area (TPSA) is 64.5 Å². The molecule has 0 saturated heterocycles. The Morgan fingerprint density at radius 1 is 0.348 bits per heavy atom. The van der Waals surface area contributed by atoms with E-state index in [-0.39, 0.29) is 0 Å². The fourth-order valence-electron chi connectivity index (χ4n) is 6.28. The smallest absolute Gasteiger partial charge is 0.168 e. The molecule has 46 heavy (non-hydrogen) atoms. The molecule has 214 valence electrons. The normalized spacial score (nSPS) is 11.5. The summed E-state index contributed by atoms with van der Waals surface area (Å²) < 4.78 is 0. The quantitative estimate of drug-likeness (QED) is 0.201.